The van der Waals surface area contributed by atoms with Crippen molar-refractivity contribution in [1.82, 2.24) is 29.5 Å². The molecule has 0 saturated carbocycles. The third kappa shape index (κ3) is 4.57. The molecule has 38 heavy (non-hydrogen) atoms. The number of nitrogens with zero attached hydrogens (tertiary/aromatic N) is 6. The van der Waals surface area contributed by atoms with Crippen LogP contribution in [-0.2, 0) is 18.6 Å². The number of hydrogen-bond donors (Lipinski definition) is 1. The minimum absolute atomic E-state index is 0.0458. The van der Waals surface area contributed by atoms with E-state index in [-0.39, 0.29) is 52.2 Å². The largest absolute Gasteiger partial charge is 0.384 e. The van der Waals surface area contributed by atoms with Crippen molar-refractivity contribution in [1.29, 1.82) is 0 Å². The zero-order valence-corrected chi connectivity index (χ0v) is 23.5. The first-order valence-electron chi connectivity index (χ1n) is 12.6. The molecule has 0 bridgehead atoms. The van der Waals surface area contributed by atoms with Crippen molar-refractivity contribution in [3.63, 3.8) is 0 Å². The van der Waals surface area contributed by atoms with Crippen LogP contribution in [0.3, 0.4) is 0 Å². The summed E-state index contributed by atoms with van der Waals surface area (Å²) in [6, 6.07) is 4.73. The van der Waals surface area contributed by atoms with Crippen molar-refractivity contribution in [2.24, 2.45) is 0 Å². The van der Waals surface area contributed by atoms with Gasteiger partial charge in [0.25, 0.3) is 11.8 Å². The summed E-state index contributed by atoms with van der Waals surface area (Å²) in [4.78, 5) is 39.4. The Morgan fingerprint density at radius 1 is 1.13 bits per heavy atom. The fourth-order valence-electron chi connectivity index (χ4n) is 5.17. The van der Waals surface area contributed by atoms with E-state index in [4.69, 9.17) is 28.3 Å². The van der Waals surface area contributed by atoms with Crippen molar-refractivity contribution in [3.8, 4) is 0 Å². The highest BCUT2D eigenvalue weighted by Crippen LogP contribution is 2.35. The number of amides is 2. The fourth-order valence-corrected chi connectivity index (χ4v) is 5.42. The molecule has 5 rings (SSSR count). The lowest BCUT2D eigenvalue weighted by Crippen LogP contribution is -2.45. The number of pyridine rings is 2. The molecule has 0 spiro atoms. The van der Waals surface area contributed by atoms with E-state index in [2.05, 4.69) is 9.97 Å². The predicted octanol–water partition coefficient (Wildman–Crippen LogP) is 4.57. The molecule has 200 valence electrons. The highest BCUT2D eigenvalue weighted by atomic mass is 35.5. The van der Waals surface area contributed by atoms with Gasteiger partial charge < -0.3 is 14.9 Å². The summed E-state index contributed by atoms with van der Waals surface area (Å²) >= 11 is 12.1. The summed E-state index contributed by atoms with van der Waals surface area (Å²) in [5.41, 5.74) is 2.71. The maximum Gasteiger partial charge on any atom is 0.273 e. The molecular weight excluding hydrogens is 527 g/mol. The third-order valence-corrected chi connectivity index (χ3v) is 8.15. The zero-order valence-electron chi connectivity index (χ0n) is 21.9. The first-order valence-corrected chi connectivity index (χ1v) is 13.3. The van der Waals surface area contributed by atoms with Gasteiger partial charge in [-0.3, -0.25) is 19.3 Å². The summed E-state index contributed by atoms with van der Waals surface area (Å²) < 4.78 is 1.81. The Morgan fingerprint density at radius 3 is 2.50 bits per heavy atom. The van der Waals surface area contributed by atoms with Crippen LogP contribution >= 0.6 is 23.2 Å². The second kappa shape index (κ2) is 9.63. The van der Waals surface area contributed by atoms with Gasteiger partial charge in [-0.05, 0) is 52.3 Å². The van der Waals surface area contributed by atoms with Crippen molar-refractivity contribution < 1.29 is 14.7 Å². The van der Waals surface area contributed by atoms with Gasteiger partial charge in [-0.1, -0.05) is 29.3 Å². The van der Waals surface area contributed by atoms with Crippen LogP contribution in [0.4, 0.5) is 0 Å². The zero-order chi connectivity index (χ0) is 27.5. The molecule has 2 aliphatic heterocycles. The van der Waals surface area contributed by atoms with Gasteiger partial charge in [0.15, 0.2) is 0 Å². The Bertz CT molecular complexity index is 1420. The van der Waals surface area contributed by atoms with Crippen LogP contribution < -0.4 is 0 Å². The van der Waals surface area contributed by atoms with E-state index < -0.39 is 5.60 Å². The highest BCUT2D eigenvalue weighted by molar-refractivity contribution is 6.42. The summed E-state index contributed by atoms with van der Waals surface area (Å²) in [6.45, 7) is 10.1. The lowest BCUT2D eigenvalue weighted by Gasteiger charge is -2.37. The molecule has 0 fully saturated rings. The lowest BCUT2D eigenvalue weighted by molar-refractivity contribution is 0.0571. The van der Waals surface area contributed by atoms with Gasteiger partial charge in [0.2, 0.25) is 0 Å². The topological polar surface area (TPSA) is 104 Å². The number of carbonyl (C=O) groups is 2. The Labute approximate surface area is 231 Å². The number of hydrogen-bond acceptors (Lipinski definition) is 6. The SMILES string of the molecule is C[C@@H]1Cc2nn3c(c2CN1C(=O)c1cc(Cl)c(Cl)cn1)C(=O)N([C@@H](C)c1ccc(C(C)(C)O)nc1)C[C@H]3C. The van der Waals surface area contributed by atoms with Gasteiger partial charge in [0.1, 0.15) is 17.0 Å². The van der Waals surface area contributed by atoms with Gasteiger partial charge in [0.05, 0.1) is 40.1 Å². The van der Waals surface area contributed by atoms with Gasteiger partial charge in [-0.2, -0.15) is 5.10 Å². The number of carbonyl (C=O) groups excluding carboxylic acids is 2. The number of halogens is 2. The minimum atomic E-state index is -1.05. The number of rotatable bonds is 4. The molecule has 9 nitrogen and oxygen atoms in total. The van der Waals surface area contributed by atoms with Crippen molar-refractivity contribution in [3.05, 3.63) is 74.5 Å². The standard InChI is InChI=1S/C27H30Cl2N6O3/c1-14-8-21-18(13-33(14)25(36)22-9-19(28)20(29)11-30-22)24-26(37)34(12-15(2)35(24)32-21)16(3)17-6-7-23(31-10-17)27(4,5)38/h6-7,9-11,14-16,38H,8,12-13H2,1-5H3/t14-,15-,16+/m1/s1. The van der Waals surface area contributed by atoms with E-state index in [9.17, 15) is 14.7 Å². The second-order valence-electron chi connectivity index (χ2n) is 10.7. The quantitative estimate of drug-likeness (QED) is 0.504. The van der Waals surface area contributed by atoms with Crippen molar-refractivity contribution in [2.45, 2.75) is 71.3 Å². The van der Waals surface area contributed by atoms with Crippen LogP contribution in [0.5, 0.6) is 0 Å². The molecule has 2 amide bonds. The smallest absolute Gasteiger partial charge is 0.273 e. The molecule has 0 aromatic carbocycles. The molecule has 0 aliphatic carbocycles. The van der Waals surface area contributed by atoms with E-state index in [0.717, 1.165) is 16.8 Å². The lowest BCUT2D eigenvalue weighted by atomic mass is 9.97. The van der Waals surface area contributed by atoms with E-state index in [1.807, 2.05) is 36.4 Å². The average Bonchev–Trinajstić information content (AvgIpc) is 3.25. The maximum atomic E-state index is 13.9. The second-order valence-corrected chi connectivity index (χ2v) is 11.5. The monoisotopic (exact) mass is 556 g/mol. The van der Waals surface area contributed by atoms with E-state index in [0.29, 0.717) is 24.4 Å². The molecule has 3 atom stereocenters. The van der Waals surface area contributed by atoms with Crippen LogP contribution in [0, 0.1) is 0 Å². The third-order valence-electron chi connectivity index (χ3n) is 7.43. The molecule has 5 heterocycles. The molecular formula is C27H30Cl2N6O3. The van der Waals surface area contributed by atoms with Gasteiger partial charge in [0, 0.05) is 37.0 Å². The highest BCUT2D eigenvalue weighted by Gasteiger charge is 2.40. The molecule has 0 radical (unpaired) electrons. The number of fused-ring (bicyclic) bond motifs is 3. The number of aliphatic hydroxyl groups is 1. The molecule has 2 aliphatic rings. The van der Waals surface area contributed by atoms with Gasteiger partial charge >= 0.3 is 0 Å². The number of aromatic nitrogens is 4. The Morgan fingerprint density at radius 2 is 1.87 bits per heavy atom. The first-order chi connectivity index (χ1) is 17.9. The Balaban J connectivity index is 1.45. The average molecular weight is 557 g/mol. The van der Waals surface area contributed by atoms with Crippen LogP contribution in [-0.4, -0.2) is 59.1 Å². The summed E-state index contributed by atoms with van der Waals surface area (Å²) in [5, 5.41) is 15.6. The Hall–Kier alpha value is -3.01. The minimum Gasteiger partial charge on any atom is -0.384 e. The molecule has 0 saturated heterocycles. The fraction of sp³-hybridized carbons (Fsp3) is 0.444. The molecule has 3 aromatic rings. The van der Waals surface area contributed by atoms with Crippen LogP contribution in [0.15, 0.2) is 30.6 Å². The molecule has 11 heteroatoms. The van der Waals surface area contributed by atoms with Crippen molar-refractivity contribution >= 4 is 35.0 Å². The van der Waals surface area contributed by atoms with Gasteiger partial charge in [-0.15, -0.1) is 0 Å². The van der Waals surface area contributed by atoms with Crippen LogP contribution in [0.25, 0.3) is 0 Å². The molecule has 0 unspecified atom stereocenters. The Kier molecular flexibility index (Phi) is 6.74. The molecule has 3 aromatic heterocycles. The maximum absolute atomic E-state index is 13.9. The van der Waals surface area contributed by atoms with E-state index in [1.165, 1.54) is 12.3 Å². The summed E-state index contributed by atoms with van der Waals surface area (Å²) in [5.74, 6) is -0.410. The van der Waals surface area contributed by atoms with Crippen LogP contribution in [0.2, 0.25) is 10.0 Å². The van der Waals surface area contributed by atoms with E-state index in [1.54, 1.807) is 31.0 Å². The normalized spacial score (nSPS) is 20.3. The van der Waals surface area contributed by atoms with E-state index >= 15 is 0 Å². The predicted molar refractivity (Wildman–Crippen MR) is 143 cm³/mol. The van der Waals surface area contributed by atoms with Gasteiger partial charge in [-0.25, -0.2) is 4.98 Å². The summed E-state index contributed by atoms with van der Waals surface area (Å²) in [7, 11) is 0. The first kappa shape index (κ1) is 26.6. The summed E-state index contributed by atoms with van der Waals surface area (Å²) in [6.07, 6.45) is 3.61. The van der Waals surface area contributed by atoms with Crippen LogP contribution in [0.1, 0.15) is 90.2 Å². The van der Waals surface area contributed by atoms with Crippen molar-refractivity contribution in [2.75, 3.05) is 6.54 Å². The molecule has 1 N–H and O–H groups in total.